The number of alkyl halides is 3. The van der Waals surface area contributed by atoms with E-state index in [4.69, 9.17) is 4.42 Å². The van der Waals surface area contributed by atoms with Gasteiger partial charge in [0, 0.05) is 31.6 Å². The van der Waals surface area contributed by atoms with Crippen molar-refractivity contribution in [2.75, 3.05) is 13.1 Å². The number of carbonyl (C=O) groups excluding carboxylic acids is 1. The van der Waals surface area contributed by atoms with Crippen molar-refractivity contribution >= 4 is 17.1 Å². The van der Waals surface area contributed by atoms with Crippen molar-refractivity contribution in [1.29, 1.82) is 0 Å². The highest BCUT2D eigenvalue weighted by Gasteiger charge is 2.31. The van der Waals surface area contributed by atoms with E-state index in [1.807, 2.05) is 0 Å². The van der Waals surface area contributed by atoms with Crippen LogP contribution >= 0.6 is 0 Å². The van der Waals surface area contributed by atoms with Crippen LogP contribution in [0.15, 0.2) is 45.6 Å². The number of hydrogen-bond donors (Lipinski definition) is 0. The second-order valence-corrected chi connectivity index (χ2v) is 6.59. The molecule has 0 N–H and O–H groups in total. The van der Waals surface area contributed by atoms with Gasteiger partial charge < -0.3 is 14.1 Å². The van der Waals surface area contributed by atoms with Crippen LogP contribution in [-0.2, 0) is 11.3 Å². The van der Waals surface area contributed by atoms with E-state index in [-0.39, 0.29) is 18.2 Å². The van der Waals surface area contributed by atoms with Gasteiger partial charge in [0.25, 0.3) is 0 Å². The Morgan fingerprint density at radius 1 is 1.07 bits per heavy atom. The van der Waals surface area contributed by atoms with Crippen molar-refractivity contribution in [3.63, 3.8) is 0 Å². The predicted octanol–water partition coefficient (Wildman–Crippen LogP) is 3.18. The third-order valence-corrected chi connectivity index (χ3v) is 4.66. The van der Waals surface area contributed by atoms with Gasteiger partial charge in [0.15, 0.2) is 11.2 Å². The van der Waals surface area contributed by atoms with Crippen LogP contribution < -0.4 is 10.5 Å². The van der Waals surface area contributed by atoms with Crippen molar-refractivity contribution in [2.24, 2.45) is 0 Å². The van der Waals surface area contributed by atoms with Gasteiger partial charge in [0.2, 0.25) is 5.91 Å². The zero-order valence-electron chi connectivity index (χ0n) is 15.1. The number of halogens is 3. The average Bonchev–Trinajstić information content (AvgIpc) is 3.21. The molecule has 0 bridgehead atoms. The first-order valence-corrected chi connectivity index (χ1v) is 8.94. The Labute approximate surface area is 162 Å². The van der Waals surface area contributed by atoms with E-state index in [1.165, 1.54) is 28.8 Å². The predicted molar refractivity (Wildman–Crippen MR) is 96.2 cm³/mol. The fourth-order valence-electron chi connectivity index (χ4n) is 3.29. The number of fused-ring (bicyclic) bond motifs is 1. The van der Waals surface area contributed by atoms with Gasteiger partial charge >= 0.3 is 12.1 Å². The third-order valence-electron chi connectivity index (χ3n) is 4.66. The van der Waals surface area contributed by atoms with E-state index in [9.17, 15) is 22.8 Å². The maximum Gasteiger partial charge on any atom is 0.573 e. The highest BCUT2D eigenvalue weighted by Crippen LogP contribution is 2.26. The molecule has 1 saturated heterocycles. The Hall–Kier alpha value is -3.30. The number of likely N-dealkylation sites (tertiary alicyclic amines) is 1. The van der Waals surface area contributed by atoms with Crippen molar-refractivity contribution in [1.82, 2.24) is 14.5 Å². The molecule has 1 amide bonds. The summed E-state index contributed by atoms with van der Waals surface area (Å²) in [7, 11) is 0. The number of hydrogen-bond acceptors (Lipinski definition) is 5. The maximum absolute atomic E-state index is 12.3. The van der Waals surface area contributed by atoms with Crippen molar-refractivity contribution in [2.45, 2.75) is 25.7 Å². The summed E-state index contributed by atoms with van der Waals surface area (Å²) in [5.74, 6) is -0.858. The van der Waals surface area contributed by atoms with Crippen molar-refractivity contribution < 1.29 is 27.1 Å². The Morgan fingerprint density at radius 2 is 1.83 bits per heavy atom. The second kappa shape index (κ2) is 7.26. The minimum absolute atomic E-state index is 0.0562. The number of oxazole rings is 1. The molecule has 0 radical (unpaired) electrons. The molecule has 3 aromatic rings. The SMILES string of the molecule is O=C1CCCN1CCn1c(=O)oc2ccc(-c3ccc(OC(F)(F)F)cc3)nc21. The van der Waals surface area contributed by atoms with Gasteiger partial charge in [-0.25, -0.2) is 9.78 Å². The standard InChI is InChI=1S/C19H16F3N3O4/c20-19(21,22)29-13-5-3-12(4-6-13)14-7-8-15-17(23-14)25(18(27)28-15)11-10-24-9-1-2-16(24)26/h3-8H,1-2,9-11H2. The highest BCUT2D eigenvalue weighted by atomic mass is 19.4. The van der Waals surface area contributed by atoms with Gasteiger partial charge in [-0.15, -0.1) is 13.2 Å². The lowest BCUT2D eigenvalue weighted by molar-refractivity contribution is -0.274. The summed E-state index contributed by atoms with van der Waals surface area (Å²) < 4.78 is 47.3. The maximum atomic E-state index is 12.3. The quantitative estimate of drug-likeness (QED) is 0.649. The number of benzene rings is 1. The molecule has 0 saturated carbocycles. The summed E-state index contributed by atoms with van der Waals surface area (Å²) in [4.78, 5) is 30.1. The van der Waals surface area contributed by atoms with Crippen molar-refractivity contribution in [3.05, 3.63) is 46.9 Å². The first-order valence-electron chi connectivity index (χ1n) is 8.94. The van der Waals surface area contributed by atoms with Gasteiger partial charge in [-0.2, -0.15) is 0 Å². The molecule has 10 heteroatoms. The summed E-state index contributed by atoms with van der Waals surface area (Å²) in [6, 6.07) is 8.46. The molecule has 0 atom stereocenters. The molecule has 1 aromatic carbocycles. The molecule has 1 aliphatic heterocycles. The third kappa shape index (κ3) is 4.10. The lowest BCUT2D eigenvalue weighted by atomic mass is 10.1. The summed E-state index contributed by atoms with van der Waals surface area (Å²) >= 11 is 0. The summed E-state index contributed by atoms with van der Waals surface area (Å²) in [5, 5.41) is 0. The molecule has 0 unspecified atom stereocenters. The topological polar surface area (TPSA) is 77.6 Å². The molecule has 1 fully saturated rings. The summed E-state index contributed by atoms with van der Waals surface area (Å²) in [6.45, 7) is 1.28. The van der Waals surface area contributed by atoms with E-state index in [0.717, 1.165) is 6.42 Å². The van der Waals surface area contributed by atoms with E-state index >= 15 is 0 Å². The first kappa shape index (κ1) is 19.0. The molecular weight excluding hydrogens is 391 g/mol. The number of amides is 1. The molecular formula is C19H16F3N3O4. The van der Waals surface area contributed by atoms with E-state index in [0.29, 0.717) is 42.0 Å². The van der Waals surface area contributed by atoms with Crippen LogP contribution in [-0.4, -0.2) is 39.8 Å². The number of aromatic nitrogens is 2. The van der Waals surface area contributed by atoms with Crippen LogP contribution in [0.1, 0.15) is 12.8 Å². The number of carbonyl (C=O) groups is 1. The van der Waals surface area contributed by atoms with Crippen LogP contribution in [0, 0.1) is 0 Å². The zero-order valence-corrected chi connectivity index (χ0v) is 15.1. The molecule has 2 aromatic heterocycles. The fourth-order valence-corrected chi connectivity index (χ4v) is 3.29. The van der Waals surface area contributed by atoms with Gasteiger partial charge in [-0.3, -0.25) is 9.36 Å². The van der Waals surface area contributed by atoms with E-state index < -0.39 is 12.1 Å². The normalized spacial score (nSPS) is 14.7. The molecule has 152 valence electrons. The number of pyridine rings is 1. The van der Waals surface area contributed by atoms with Gasteiger partial charge in [0.05, 0.1) is 5.69 Å². The van der Waals surface area contributed by atoms with Crippen molar-refractivity contribution in [3.8, 4) is 17.0 Å². The van der Waals surface area contributed by atoms with Crippen LogP contribution in [0.5, 0.6) is 5.75 Å². The van der Waals surface area contributed by atoms with Crippen LogP contribution in [0.3, 0.4) is 0 Å². The molecule has 1 aliphatic rings. The Morgan fingerprint density at radius 3 is 2.48 bits per heavy atom. The second-order valence-electron chi connectivity index (χ2n) is 6.59. The minimum Gasteiger partial charge on any atom is -0.406 e. The molecule has 29 heavy (non-hydrogen) atoms. The summed E-state index contributed by atoms with van der Waals surface area (Å²) in [5.41, 5.74) is 1.62. The Balaban J connectivity index is 1.60. The lowest BCUT2D eigenvalue weighted by Crippen LogP contribution is -2.30. The minimum atomic E-state index is -4.76. The number of rotatable bonds is 5. The molecule has 7 nitrogen and oxygen atoms in total. The van der Waals surface area contributed by atoms with Gasteiger partial charge in [-0.1, -0.05) is 0 Å². The van der Waals surface area contributed by atoms with E-state index in [1.54, 1.807) is 17.0 Å². The fraction of sp³-hybridized carbons (Fsp3) is 0.316. The molecule has 0 aliphatic carbocycles. The summed E-state index contributed by atoms with van der Waals surface area (Å²) in [6.07, 6.45) is -3.45. The molecule has 4 rings (SSSR count). The average molecular weight is 407 g/mol. The van der Waals surface area contributed by atoms with E-state index in [2.05, 4.69) is 9.72 Å². The number of ether oxygens (including phenoxy) is 1. The Kier molecular flexibility index (Phi) is 4.77. The van der Waals surface area contributed by atoms with Gasteiger partial charge in [-0.05, 0) is 42.8 Å². The largest absolute Gasteiger partial charge is 0.573 e. The molecule has 0 spiro atoms. The molecule has 3 heterocycles. The van der Waals surface area contributed by atoms with Crippen LogP contribution in [0.25, 0.3) is 22.5 Å². The van der Waals surface area contributed by atoms with Crippen LogP contribution in [0.4, 0.5) is 13.2 Å². The van der Waals surface area contributed by atoms with Crippen LogP contribution in [0.2, 0.25) is 0 Å². The zero-order chi connectivity index (χ0) is 20.6. The number of nitrogens with zero attached hydrogens (tertiary/aromatic N) is 3. The highest BCUT2D eigenvalue weighted by molar-refractivity contribution is 5.78. The lowest BCUT2D eigenvalue weighted by Gasteiger charge is -2.15. The monoisotopic (exact) mass is 407 g/mol. The van der Waals surface area contributed by atoms with Gasteiger partial charge in [0.1, 0.15) is 5.75 Å². The Bertz CT molecular complexity index is 1100. The smallest absolute Gasteiger partial charge is 0.406 e. The first-order chi connectivity index (χ1) is 13.8.